The average molecular weight is 251 g/mol. The largest absolute Gasteiger partial charge is 0.494 e. The van der Waals surface area contributed by atoms with E-state index in [1.54, 1.807) is 7.11 Å². The summed E-state index contributed by atoms with van der Waals surface area (Å²) in [5.74, 6) is 0.917. The standard InChI is InChI=1S/C15H25NO2/c1-5-7-14(17-4)15(16-3)12-8-10-13(11-9-12)18-6-2/h8-11,14-16H,5-7H2,1-4H3. The van der Waals surface area contributed by atoms with Crippen LogP contribution in [0.15, 0.2) is 24.3 Å². The fourth-order valence-corrected chi connectivity index (χ4v) is 2.21. The Morgan fingerprint density at radius 1 is 1.17 bits per heavy atom. The molecule has 0 spiro atoms. The Balaban J connectivity index is 2.80. The molecule has 2 unspecified atom stereocenters. The summed E-state index contributed by atoms with van der Waals surface area (Å²) in [7, 11) is 3.75. The van der Waals surface area contributed by atoms with Gasteiger partial charge in [0.25, 0.3) is 0 Å². The summed E-state index contributed by atoms with van der Waals surface area (Å²) >= 11 is 0. The maximum absolute atomic E-state index is 5.58. The summed E-state index contributed by atoms with van der Waals surface area (Å²) in [4.78, 5) is 0. The van der Waals surface area contributed by atoms with E-state index in [1.807, 2.05) is 26.1 Å². The number of nitrogens with one attached hydrogen (secondary N) is 1. The van der Waals surface area contributed by atoms with Crippen molar-refractivity contribution >= 4 is 0 Å². The molecule has 1 N–H and O–H groups in total. The van der Waals surface area contributed by atoms with Crippen LogP contribution in [0.2, 0.25) is 0 Å². The highest BCUT2D eigenvalue weighted by molar-refractivity contribution is 5.29. The highest BCUT2D eigenvalue weighted by Gasteiger charge is 2.20. The molecule has 0 aliphatic heterocycles. The number of likely N-dealkylation sites (N-methyl/N-ethyl adjacent to an activating group) is 1. The molecule has 102 valence electrons. The zero-order valence-corrected chi connectivity index (χ0v) is 11.9. The number of rotatable bonds is 8. The van der Waals surface area contributed by atoms with E-state index in [4.69, 9.17) is 9.47 Å². The Kier molecular flexibility index (Phi) is 6.76. The summed E-state index contributed by atoms with van der Waals surface area (Å²) in [5, 5.41) is 3.34. The van der Waals surface area contributed by atoms with Gasteiger partial charge in [0.05, 0.1) is 18.8 Å². The lowest BCUT2D eigenvalue weighted by Crippen LogP contribution is -2.30. The van der Waals surface area contributed by atoms with Crippen molar-refractivity contribution in [2.24, 2.45) is 0 Å². The average Bonchev–Trinajstić information content (AvgIpc) is 2.40. The molecule has 0 amide bonds. The lowest BCUT2D eigenvalue weighted by molar-refractivity contribution is 0.0630. The molecule has 1 aromatic rings. The van der Waals surface area contributed by atoms with Crippen LogP contribution in [0.5, 0.6) is 5.75 Å². The van der Waals surface area contributed by atoms with Gasteiger partial charge in [-0.25, -0.2) is 0 Å². The first-order valence-corrected chi connectivity index (χ1v) is 6.69. The second-order valence-corrected chi connectivity index (χ2v) is 4.33. The van der Waals surface area contributed by atoms with Crippen LogP contribution in [-0.4, -0.2) is 26.9 Å². The minimum absolute atomic E-state index is 0.206. The van der Waals surface area contributed by atoms with Crippen LogP contribution in [0.25, 0.3) is 0 Å². The molecule has 0 aliphatic carbocycles. The van der Waals surface area contributed by atoms with Gasteiger partial charge in [-0.15, -0.1) is 0 Å². The first-order valence-electron chi connectivity index (χ1n) is 6.69. The summed E-state index contributed by atoms with van der Waals surface area (Å²) in [6.45, 7) is 4.87. The van der Waals surface area contributed by atoms with Crippen molar-refractivity contribution in [3.8, 4) is 5.75 Å². The van der Waals surface area contributed by atoms with Gasteiger partial charge in [-0.1, -0.05) is 25.5 Å². The first kappa shape index (κ1) is 15.0. The van der Waals surface area contributed by atoms with Crippen LogP contribution < -0.4 is 10.1 Å². The second kappa shape index (κ2) is 8.11. The molecule has 0 fully saturated rings. The van der Waals surface area contributed by atoms with E-state index in [-0.39, 0.29) is 12.1 Å². The predicted octanol–water partition coefficient (Wildman–Crippen LogP) is 3.16. The van der Waals surface area contributed by atoms with Gasteiger partial charge in [0.2, 0.25) is 0 Å². The van der Waals surface area contributed by atoms with Crippen molar-refractivity contribution < 1.29 is 9.47 Å². The smallest absolute Gasteiger partial charge is 0.119 e. The molecule has 3 heteroatoms. The van der Waals surface area contributed by atoms with Crippen LogP contribution in [-0.2, 0) is 4.74 Å². The Labute approximate surface area is 110 Å². The minimum atomic E-state index is 0.206. The van der Waals surface area contributed by atoms with Gasteiger partial charge in [0.1, 0.15) is 5.75 Å². The summed E-state index contributed by atoms with van der Waals surface area (Å²) in [5.41, 5.74) is 1.24. The number of methoxy groups -OCH3 is 1. The van der Waals surface area contributed by atoms with Crippen LogP contribution in [0.1, 0.15) is 38.3 Å². The lowest BCUT2D eigenvalue weighted by Gasteiger charge is -2.26. The molecule has 2 atom stereocenters. The van der Waals surface area contributed by atoms with E-state index in [1.165, 1.54) is 5.56 Å². The monoisotopic (exact) mass is 251 g/mol. The van der Waals surface area contributed by atoms with Gasteiger partial charge in [-0.3, -0.25) is 0 Å². The third-order valence-electron chi connectivity index (χ3n) is 3.11. The number of benzene rings is 1. The SMILES string of the molecule is CCCC(OC)C(NC)c1ccc(OCC)cc1. The summed E-state index contributed by atoms with van der Waals surface area (Å²) < 4.78 is 11.0. The molecule has 1 rings (SSSR count). The molecule has 3 nitrogen and oxygen atoms in total. The second-order valence-electron chi connectivity index (χ2n) is 4.33. The predicted molar refractivity (Wildman–Crippen MR) is 75.1 cm³/mol. The summed E-state index contributed by atoms with van der Waals surface area (Å²) in [6, 6.07) is 8.47. The molecule has 0 heterocycles. The van der Waals surface area contributed by atoms with E-state index in [9.17, 15) is 0 Å². The molecule has 1 aromatic carbocycles. The molecule has 0 aromatic heterocycles. The van der Waals surface area contributed by atoms with Crippen molar-refractivity contribution in [1.82, 2.24) is 5.32 Å². The maximum Gasteiger partial charge on any atom is 0.119 e. The van der Waals surface area contributed by atoms with Gasteiger partial charge in [-0.05, 0) is 38.1 Å². The molecular weight excluding hydrogens is 226 g/mol. The number of hydrogen-bond acceptors (Lipinski definition) is 3. The van der Waals surface area contributed by atoms with E-state index in [2.05, 4.69) is 24.4 Å². The Bertz CT molecular complexity index is 324. The van der Waals surface area contributed by atoms with Crippen molar-refractivity contribution in [1.29, 1.82) is 0 Å². The van der Waals surface area contributed by atoms with Gasteiger partial charge in [0.15, 0.2) is 0 Å². The molecule has 0 aliphatic rings. The maximum atomic E-state index is 5.58. The molecule has 0 saturated carbocycles. The molecular formula is C15H25NO2. The van der Waals surface area contributed by atoms with Crippen LogP contribution in [0.3, 0.4) is 0 Å². The minimum Gasteiger partial charge on any atom is -0.494 e. The third kappa shape index (κ3) is 4.00. The van der Waals surface area contributed by atoms with Gasteiger partial charge in [0, 0.05) is 7.11 Å². The van der Waals surface area contributed by atoms with Crippen molar-refractivity contribution in [3.63, 3.8) is 0 Å². The van der Waals surface area contributed by atoms with Crippen LogP contribution in [0, 0.1) is 0 Å². The fourth-order valence-electron chi connectivity index (χ4n) is 2.21. The van der Waals surface area contributed by atoms with Crippen LogP contribution >= 0.6 is 0 Å². The Hall–Kier alpha value is -1.06. The van der Waals surface area contributed by atoms with Gasteiger partial charge < -0.3 is 14.8 Å². The highest BCUT2D eigenvalue weighted by atomic mass is 16.5. The van der Waals surface area contributed by atoms with E-state index in [0.717, 1.165) is 18.6 Å². The Morgan fingerprint density at radius 2 is 1.83 bits per heavy atom. The Morgan fingerprint density at radius 3 is 2.28 bits per heavy atom. The molecule has 18 heavy (non-hydrogen) atoms. The van der Waals surface area contributed by atoms with E-state index in [0.29, 0.717) is 6.61 Å². The van der Waals surface area contributed by atoms with Gasteiger partial charge >= 0.3 is 0 Å². The van der Waals surface area contributed by atoms with Crippen LogP contribution in [0.4, 0.5) is 0 Å². The quantitative estimate of drug-likeness (QED) is 0.770. The summed E-state index contributed by atoms with van der Waals surface area (Å²) in [6.07, 6.45) is 2.38. The third-order valence-corrected chi connectivity index (χ3v) is 3.11. The molecule has 0 radical (unpaired) electrons. The topological polar surface area (TPSA) is 30.5 Å². The molecule has 0 bridgehead atoms. The normalized spacial score (nSPS) is 14.2. The highest BCUT2D eigenvalue weighted by Crippen LogP contribution is 2.24. The zero-order chi connectivity index (χ0) is 13.4. The number of hydrogen-bond donors (Lipinski definition) is 1. The number of ether oxygens (including phenoxy) is 2. The van der Waals surface area contributed by atoms with E-state index >= 15 is 0 Å². The van der Waals surface area contributed by atoms with Crippen molar-refractivity contribution in [3.05, 3.63) is 29.8 Å². The van der Waals surface area contributed by atoms with E-state index < -0.39 is 0 Å². The first-order chi connectivity index (χ1) is 8.76. The van der Waals surface area contributed by atoms with Crippen molar-refractivity contribution in [2.45, 2.75) is 38.8 Å². The van der Waals surface area contributed by atoms with Crippen molar-refractivity contribution in [2.75, 3.05) is 20.8 Å². The lowest BCUT2D eigenvalue weighted by atomic mass is 9.98. The van der Waals surface area contributed by atoms with Gasteiger partial charge in [-0.2, -0.15) is 0 Å². The zero-order valence-electron chi connectivity index (χ0n) is 11.9. The fraction of sp³-hybridized carbons (Fsp3) is 0.600. The molecule has 0 saturated heterocycles.